The van der Waals surface area contributed by atoms with Crippen molar-refractivity contribution in [1.82, 2.24) is 14.9 Å². The van der Waals surface area contributed by atoms with E-state index in [1.165, 1.54) is 0 Å². The van der Waals surface area contributed by atoms with Gasteiger partial charge in [0.15, 0.2) is 0 Å². The summed E-state index contributed by atoms with van der Waals surface area (Å²) in [6.07, 6.45) is 7.02. The Labute approximate surface area is 192 Å². The first kappa shape index (κ1) is 23.0. The maximum Gasteiger partial charge on any atom is 0.255 e. The van der Waals surface area contributed by atoms with Crippen LogP contribution in [-0.4, -0.2) is 64.2 Å². The van der Waals surface area contributed by atoms with Crippen LogP contribution in [0.1, 0.15) is 30.9 Å². The van der Waals surface area contributed by atoms with E-state index in [9.17, 15) is 10.2 Å². The lowest BCUT2D eigenvalue weighted by Gasteiger charge is -2.38. The summed E-state index contributed by atoms with van der Waals surface area (Å²) in [5.41, 5.74) is 1.74. The summed E-state index contributed by atoms with van der Waals surface area (Å²) in [4.78, 5) is 11.0. The quantitative estimate of drug-likeness (QED) is 0.445. The number of ether oxygens (including phenoxy) is 1. The molecule has 3 aromatic rings. The second-order valence-electron chi connectivity index (χ2n) is 8.31. The molecule has 1 aliphatic heterocycles. The van der Waals surface area contributed by atoms with Crippen molar-refractivity contribution in [1.29, 1.82) is 0 Å². The van der Waals surface area contributed by atoms with Crippen molar-refractivity contribution in [3.8, 4) is 5.75 Å². The largest absolute Gasteiger partial charge is 0.497 e. The van der Waals surface area contributed by atoms with Crippen LogP contribution in [0.4, 0.5) is 0 Å². The summed E-state index contributed by atoms with van der Waals surface area (Å²) < 4.78 is 10.6. The fourth-order valence-electron chi connectivity index (χ4n) is 4.58. The van der Waals surface area contributed by atoms with Gasteiger partial charge in [0.25, 0.3) is 5.22 Å². The minimum absolute atomic E-state index is 0.180. The topological polar surface area (TPSA) is 91.9 Å². The Morgan fingerprint density at radius 1 is 1.25 bits per heavy atom. The van der Waals surface area contributed by atoms with Crippen molar-refractivity contribution >= 4 is 22.7 Å². The molecule has 2 aromatic heterocycles. The summed E-state index contributed by atoms with van der Waals surface area (Å²) in [5, 5.41) is 22.6. The van der Waals surface area contributed by atoms with Gasteiger partial charge in [-0.25, -0.2) is 4.98 Å². The van der Waals surface area contributed by atoms with Crippen molar-refractivity contribution in [3.63, 3.8) is 0 Å². The Kier molecular flexibility index (Phi) is 8.02. The molecule has 172 valence electrons. The minimum Gasteiger partial charge on any atom is -0.497 e. The molecule has 0 bridgehead atoms. The number of hydrogen-bond acceptors (Lipinski definition) is 8. The SMILES string of the molecule is COc1ccc2nccc([C@@H](O)CC[C@@H]3CCN(CCSc4ncco4)C[C@@H]3CO)c2c1. The molecule has 2 N–H and O–H groups in total. The van der Waals surface area contributed by atoms with Gasteiger partial charge in [-0.1, -0.05) is 11.8 Å². The molecule has 0 unspecified atom stereocenters. The van der Waals surface area contributed by atoms with Gasteiger partial charge in [-0.15, -0.1) is 0 Å². The number of thioether (sulfide) groups is 1. The number of piperidine rings is 1. The van der Waals surface area contributed by atoms with Gasteiger partial charge < -0.3 is 24.3 Å². The van der Waals surface area contributed by atoms with Crippen molar-refractivity contribution in [2.75, 3.05) is 39.1 Å². The zero-order chi connectivity index (χ0) is 22.3. The van der Waals surface area contributed by atoms with Crippen LogP contribution in [0.15, 0.2) is 52.6 Å². The first-order valence-corrected chi connectivity index (χ1v) is 12.1. The molecule has 1 saturated heterocycles. The van der Waals surface area contributed by atoms with Crippen LogP contribution in [0.2, 0.25) is 0 Å². The van der Waals surface area contributed by atoms with Crippen LogP contribution in [0.3, 0.4) is 0 Å². The molecule has 1 fully saturated rings. The predicted molar refractivity (Wildman–Crippen MR) is 125 cm³/mol. The smallest absolute Gasteiger partial charge is 0.255 e. The molecule has 0 spiro atoms. The first-order valence-electron chi connectivity index (χ1n) is 11.1. The van der Waals surface area contributed by atoms with Crippen molar-refractivity contribution in [2.24, 2.45) is 11.8 Å². The fraction of sp³-hybridized carbons (Fsp3) is 0.500. The minimum atomic E-state index is -0.567. The highest BCUT2D eigenvalue weighted by Gasteiger charge is 2.29. The van der Waals surface area contributed by atoms with Crippen LogP contribution in [0.25, 0.3) is 10.9 Å². The molecule has 4 rings (SSSR count). The maximum absolute atomic E-state index is 11.0. The standard InChI is InChI=1S/C24H31N3O4S/c1-30-19-3-4-22-21(14-19)20(6-8-25-22)23(29)5-2-17-7-10-27(15-18(17)16-28)11-13-32-24-26-9-12-31-24/h3-4,6,8-9,12,14,17-18,23,28-29H,2,5,7,10-11,13,15-16H2,1H3/t17-,18-,23+/m1/s1. The molecule has 0 saturated carbocycles. The van der Waals surface area contributed by atoms with Gasteiger partial charge in [-0.2, -0.15) is 0 Å². The summed E-state index contributed by atoms with van der Waals surface area (Å²) in [7, 11) is 1.64. The van der Waals surface area contributed by atoms with E-state index in [0.717, 1.165) is 60.4 Å². The second kappa shape index (κ2) is 11.1. The molecular formula is C24H31N3O4S. The number of aliphatic hydroxyl groups is 2. The van der Waals surface area contributed by atoms with Gasteiger partial charge in [-0.3, -0.25) is 4.98 Å². The molecule has 3 heterocycles. The maximum atomic E-state index is 11.0. The molecule has 0 radical (unpaired) electrons. The number of nitrogens with zero attached hydrogens (tertiary/aromatic N) is 3. The molecule has 32 heavy (non-hydrogen) atoms. The van der Waals surface area contributed by atoms with E-state index in [4.69, 9.17) is 9.15 Å². The lowest BCUT2D eigenvalue weighted by Crippen LogP contribution is -2.43. The number of methoxy groups -OCH3 is 1. The number of aliphatic hydroxyl groups excluding tert-OH is 2. The van der Waals surface area contributed by atoms with Crippen molar-refractivity contribution in [3.05, 3.63) is 48.5 Å². The van der Waals surface area contributed by atoms with Gasteiger partial charge in [0.1, 0.15) is 12.0 Å². The normalized spacial score (nSPS) is 20.5. The lowest BCUT2D eigenvalue weighted by atomic mass is 9.81. The zero-order valence-electron chi connectivity index (χ0n) is 18.4. The van der Waals surface area contributed by atoms with Crippen molar-refractivity contribution < 1.29 is 19.4 Å². The average Bonchev–Trinajstić information content (AvgIpc) is 3.35. The van der Waals surface area contributed by atoms with Crippen molar-refractivity contribution in [2.45, 2.75) is 30.6 Å². The highest BCUT2D eigenvalue weighted by atomic mass is 32.2. The number of fused-ring (bicyclic) bond motifs is 1. The number of aromatic nitrogens is 2. The summed E-state index contributed by atoms with van der Waals surface area (Å²) in [6.45, 7) is 3.03. The predicted octanol–water partition coefficient (Wildman–Crippen LogP) is 3.77. The Hall–Kier alpha value is -2.13. The number of oxazole rings is 1. The number of benzene rings is 1. The molecule has 1 aromatic carbocycles. The highest BCUT2D eigenvalue weighted by Crippen LogP contribution is 2.33. The average molecular weight is 458 g/mol. The van der Waals surface area contributed by atoms with E-state index in [1.54, 1.807) is 37.5 Å². The van der Waals surface area contributed by atoms with Gasteiger partial charge in [0.05, 0.1) is 24.9 Å². The zero-order valence-corrected chi connectivity index (χ0v) is 19.2. The van der Waals surface area contributed by atoms with E-state index >= 15 is 0 Å². The number of hydrogen-bond donors (Lipinski definition) is 2. The molecule has 7 nitrogen and oxygen atoms in total. The van der Waals surface area contributed by atoms with Crippen LogP contribution >= 0.6 is 11.8 Å². The third kappa shape index (κ3) is 5.61. The van der Waals surface area contributed by atoms with Gasteiger partial charge >= 0.3 is 0 Å². The van der Waals surface area contributed by atoms with E-state index in [0.29, 0.717) is 17.6 Å². The number of pyridine rings is 1. The molecule has 0 aliphatic carbocycles. The monoisotopic (exact) mass is 457 g/mol. The molecule has 1 aliphatic rings. The Morgan fingerprint density at radius 3 is 2.94 bits per heavy atom. The third-order valence-corrected chi connectivity index (χ3v) is 7.24. The lowest BCUT2D eigenvalue weighted by molar-refractivity contribution is 0.0608. The summed E-state index contributed by atoms with van der Waals surface area (Å²) in [5.74, 6) is 2.32. The Balaban J connectivity index is 1.31. The second-order valence-corrected chi connectivity index (χ2v) is 9.36. The molecule has 3 atom stereocenters. The van der Waals surface area contributed by atoms with Gasteiger partial charge in [-0.05, 0) is 67.5 Å². The molecule has 0 amide bonds. The van der Waals surface area contributed by atoms with Gasteiger partial charge in [0, 0.05) is 37.0 Å². The molecule has 8 heteroatoms. The fourth-order valence-corrected chi connectivity index (χ4v) is 5.36. The first-order chi connectivity index (χ1) is 15.7. The van der Waals surface area contributed by atoms with Crippen LogP contribution in [0.5, 0.6) is 5.75 Å². The number of likely N-dealkylation sites (tertiary alicyclic amines) is 1. The molecular weight excluding hydrogens is 426 g/mol. The Morgan fingerprint density at radius 2 is 2.16 bits per heavy atom. The number of rotatable bonds is 10. The van der Waals surface area contributed by atoms with E-state index < -0.39 is 6.10 Å². The van der Waals surface area contributed by atoms with Crippen LogP contribution in [-0.2, 0) is 0 Å². The van der Waals surface area contributed by atoms with Gasteiger partial charge in [0.2, 0.25) is 0 Å². The van der Waals surface area contributed by atoms with E-state index in [-0.39, 0.29) is 12.5 Å². The summed E-state index contributed by atoms with van der Waals surface area (Å²) >= 11 is 1.62. The van der Waals surface area contributed by atoms with Crippen LogP contribution < -0.4 is 4.74 Å². The highest BCUT2D eigenvalue weighted by molar-refractivity contribution is 7.99. The van der Waals surface area contributed by atoms with E-state index in [1.807, 2.05) is 24.3 Å². The van der Waals surface area contributed by atoms with Crippen LogP contribution in [0, 0.1) is 11.8 Å². The third-order valence-electron chi connectivity index (χ3n) is 6.41. The Bertz CT molecular complexity index is 985. The summed E-state index contributed by atoms with van der Waals surface area (Å²) in [6, 6.07) is 7.63. The van der Waals surface area contributed by atoms with E-state index in [2.05, 4.69) is 14.9 Å².